The van der Waals surface area contributed by atoms with E-state index in [-0.39, 0.29) is 0 Å². The van der Waals surface area contributed by atoms with Gasteiger partial charge in [0.15, 0.2) is 0 Å². The van der Waals surface area contributed by atoms with E-state index in [1.165, 1.54) is 0 Å². The van der Waals surface area contributed by atoms with E-state index in [1.807, 2.05) is 12.1 Å². The highest BCUT2D eigenvalue weighted by molar-refractivity contribution is 5.49. The van der Waals surface area contributed by atoms with Crippen LogP contribution in [0.3, 0.4) is 0 Å². The molecule has 0 aromatic carbocycles. The Balaban J connectivity index is 2.07. The number of nitrogens with zero attached hydrogens (tertiary/aromatic N) is 1. The van der Waals surface area contributed by atoms with Gasteiger partial charge in [0.05, 0.1) is 6.61 Å². The van der Waals surface area contributed by atoms with E-state index in [1.54, 1.807) is 6.20 Å². The van der Waals surface area contributed by atoms with E-state index in [4.69, 9.17) is 10.5 Å². The van der Waals surface area contributed by atoms with Crippen LogP contribution in [0.25, 0.3) is 0 Å². The van der Waals surface area contributed by atoms with Crippen molar-refractivity contribution in [2.24, 2.45) is 5.92 Å². The predicted molar refractivity (Wildman–Crippen MR) is 67.4 cm³/mol. The first-order chi connectivity index (χ1) is 7.68. The lowest BCUT2D eigenvalue weighted by molar-refractivity contribution is 0.132. The first-order valence-electron chi connectivity index (χ1n) is 5.71. The van der Waals surface area contributed by atoms with E-state index in [2.05, 4.69) is 24.1 Å². The van der Waals surface area contributed by atoms with Gasteiger partial charge >= 0.3 is 0 Å². The molecule has 0 aliphatic heterocycles. The minimum absolute atomic E-state index is 0.533. The highest BCUT2D eigenvalue weighted by Crippen LogP contribution is 2.08. The molecule has 1 rings (SSSR count). The third-order valence-corrected chi connectivity index (χ3v) is 2.20. The predicted octanol–water partition coefficient (Wildman–Crippen LogP) is 2.14. The third-order valence-electron chi connectivity index (χ3n) is 2.20. The summed E-state index contributed by atoms with van der Waals surface area (Å²) >= 11 is 0. The molecule has 0 aliphatic carbocycles. The Morgan fingerprint density at radius 2 is 2.25 bits per heavy atom. The van der Waals surface area contributed by atoms with Gasteiger partial charge in [-0.15, -0.1) is 0 Å². The largest absolute Gasteiger partial charge is 0.384 e. The minimum Gasteiger partial charge on any atom is -0.384 e. The molecule has 4 heteroatoms. The monoisotopic (exact) mass is 223 g/mol. The van der Waals surface area contributed by atoms with Crippen LogP contribution in [0.4, 0.5) is 11.5 Å². The van der Waals surface area contributed by atoms with Crippen molar-refractivity contribution in [1.82, 2.24) is 4.98 Å². The first-order valence-corrected chi connectivity index (χ1v) is 5.71. The number of pyridine rings is 1. The van der Waals surface area contributed by atoms with E-state index in [9.17, 15) is 0 Å². The number of ether oxygens (including phenoxy) is 1. The van der Waals surface area contributed by atoms with Crippen molar-refractivity contribution >= 4 is 11.5 Å². The lowest BCUT2D eigenvalue weighted by Crippen LogP contribution is -2.11. The summed E-state index contributed by atoms with van der Waals surface area (Å²) in [6, 6.07) is 3.71. The van der Waals surface area contributed by atoms with Gasteiger partial charge in [0.2, 0.25) is 0 Å². The maximum Gasteiger partial charge on any atom is 0.125 e. The van der Waals surface area contributed by atoms with Crippen LogP contribution >= 0.6 is 0 Å². The van der Waals surface area contributed by atoms with Gasteiger partial charge < -0.3 is 15.8 Å². The molecule has 1 aromatic rings. The Hall–Kier alpha value is -1.29. The molecule has 0 amide bonds. The zero-order valence-corrected chi connectivity index (χ0v) is 10.1. The van der Waals surface area contributed by atoms with Crippen molar-refractivity contribution in [1.29, 1.82) is 0 Å². The lowest BCUT2D eigenvalue weighted by Gasteiger charge is -2.08. The van der Waals surface area contributed by atoms with E-state index in [0.29, 0.717) is 11.7 Å². The molecular formula is C12H21N3O. The molecule has 0 spiro atoms. The summed E-state index contributed by atoms with van der Waals surface area (Å²) in [4.78, 5) is 3.92. The lowest BCUT2D eigenvalue weighted by atomic mass is 10.1. The summed E-state index contributed by atoms with van der Waals surface area (Å²) in [5, 5.41) is 3.23. The number of hydrogen-bond donors (Lipinski definition) is 2. The van der Waals surface area contributed by atoms with Crippen molar-refractivity contribution in [3.05, 3.63) is 18.3 Å². The van der Waals surface area contributed by atoms with E-state index in [0.717, 1.165) is 31.9 Å². The molecule has 1 aromatic heterocycles. The van der Waals surface area contributed by atoms with Gasteiger partial charge in [0.25, 0.3) is 0 Å². The van der Waals surface area contributed by atoms with Gasteiger partial charge in [-0.1, -0.05) is 13.8 Å². The van der Waals surface area contributed by atoms with E-state index < -0.39 is 0 Å². The summed E-state index contributed by atoms with van der Waals surface area (Å²) in [7, 11) is 0. The molecule has 90 valence electrons. The van der Waals surface area contributed by atoms with E-state index >= 15 is 0 Å². The highest BCUT2D eigenvalue weighted by Gasteiger charge is 1.95. The van der Waals surface area contributed by atoms with Crippen LogP contribution in [0.1, 0.15) is 20.3 Å². The zero-order valence-electron chi connectivity index (χ0n) is 10.1. The molecule has 4 nitrogen and oxygen atoms in total. The number of anilines is 2. The summed E-state index contributed by atoms with van der Waals surface area (Å²) in [6.07, 6.45) is 2.81. The molecule has 16 heavy (non-hydrogen) atoms. The number of nitrogens with two attached hydrogens (primary N) is 1. The number of nitrogen functional groups attached to an aromatic ring is 1. The maximum atomic E-state index is 5.56. The molecular weight excluding hydrogens is 202 g/mol. The van der Waals surface area contributed by atoms with Crippen LogP contribution in [-0.4, -0.2) is 24.7 Å². The average Bonchev–Trinajstić information content (AvgIpc) is 2.23. The third kappa shape index (κ3) is 5.56. The summed E-state index contributed by atoms with van der Waals surface area (Å²) < 4.78 is 5.49. The van der Waals surface area contributed by atoms with Crippen LogP contribution in [0.5, 0.6) is 0 Å². The van der Waals surface area contributed by atoms with Crippen LogP contribution in [0, 0.1) is 5.92 Å². The molecule has 3 N–H and O–H groups in total. The second-order valence-corrected chi connectivity index (χ2v) is 4.19. The molecule has 0 fully saturated rings. The molecule has 0 unspecified atom stereocenters. The SMILES string of the molecule is CC(C)CCOCCNc1ccnc(N)c1. The zero-order chi connectivity index (χ0) is 11.8. The Labute approximate surface area is 97.2 Å². The van der Waals surface area contributed by atoms with Gasteiger partial charge in [0, 0.05) is 31.1 Å². The van der Waals surface area contributed by atoms with Crippen molar-refractivity contribution in [2.75, 3.05) is 30.8 Å². The Kier molecular flexibility index (Phi) is 5.64. The quantitative estimate of drug-likeness (QED) is 0.695. The fourth-order valence-electron chi connectivity index (χ4n) is 1.25. The Morgan fingerprint density at radius 3 is 2.94 bits per heavy atom. The fourth-order valence-corrected chi connectivity index (χ4v) is 1.25. The van der Waals surface area contributed by atoms with Gasteiger partial charge in [0.1, 0.15) is 5.82 Å². The highest BCUT2D eigenvalue weighted by atomic mass is 16.5. The number of aromatic nitrogens is 1. The van der Waals surface area contributed by atoms with Crippen molar-refractivity contribution in [2.45, 2.75) is 20.3 Å². The van der Waals surface area contributed by atoms with Crippen molar-refractivity contribution < 1.29 is 4.74 Å². The average molecular weight is 223 g/mol. The maximum absolute atomic E-state index is 5.56. The topological polar surface area (TPSA) is 60.2 Å². The minimum atomic E-state index is 0.533. The normalized spacial score (nSPS) is 10.7. The summed E-state index contributed by atoms with van der Waals surface area (Å²) in [5.74, 6) is 1.23. The number of rotatable bonds is 7. The van der Waals surface area contributed by atoms with Crippen LogP contribution in [0.2, 0.25) is 0 Å². The summed E-state index contributed by atoms with van der Waals surface area (Å²) in [6.45, 7) is 6.73. The van der Waals surface area contributed by atoms with Gasteiger partial charge in [-0.2, -0.15) is 0 Å². The molecule has 0 saturated carbocycles. The fraction of sp³-hybridized carbons (Fsp3) is 0.583. The first kappa shape index (κ1) is 12.8. The standard InChI is InChI=1S/C12H21N3O/c1-10(2)4-7-16-8-6-14-11-3-5-15-12(13)9-11/h3,5,9-10H,4,6-8H2,1-2H3,(H3,13,14,15). The molecule has 1 heterocycles. The Bertz CT molecular complexity index is 302. The molecule has 0 saturated heterocycles. The summed E-state index contributed by atoms with van der Waals surface area (Å²) in [5.41, 5.74) is 6.55. The molecule has 0 atom stereocenters. The molecule has 0 bridgehead atoms. The van der Waals surface area contributed by atoms with Crippen molar-refractivity contribution in [3.63, 3.8) is 0 Å². The Morgan fingerprint density at radius 1 is 1.44 bits per heavy atom. The second-order valence-electron chi connectivity index (χ2n) is 4.19. The van der Waals surface area contributed by atoms with Gasteiger partial charge in [-0.05, 0) is 18.4 Å². The van der Waals surface area contributed by atoms with Crippen LogP contribution in [-0.2, 0) is 4.74 Å². The van der Waals surface area contributed by atoms with Crippen molar-refractivity contribution in [3.8, 4) is 0 Å². The van der Waals surface area contributed by atoms with Crippen LogP contribution < -0.4 is 11.1 Å². The number of nitrogens with one attached hydrogen (secondary N) is 1. The second kappa shape index (κ2) is 7.06. The van der Waals surface area contributed by atoms with Gasteiger partial charge in [-0.25, -0.2) is 4.98 Å². The van der Waals surface area contributed by atoms with Crippen LogP contribution in [0.15, 0.2) is 18.3 Å². The smallest absolute Gasteiger partial charge is 0.125 e. The molecule has 0 radical (unpaired) electrons. The molecule has 0 aliphatic rings. The van der Waals surface area contributed by atoms with Gasteiger partial charge in [-0.3, -0.25) is 0 Å². The number of hydrogen-bond acceptors (Lipinski definition) is 4.